The van der Waals surface area contributed by atoms with E-state index in [9.17, 15) is 0 Å². The Morgan fingerprint density at radius 2 is 0.707 bits per heavy atom. The van der Waals surface area contributed by atoms with Gasteiger partial charge in [-0.2, -0.15) is 0 Å². The molecule has 0 amide bonds. The number of aryl methyl sites for hydroxylation is 2. The predicted molar refractivity (Wildman–Crippen MR) is 174 cm³/mol. The van der Waals surface area contributed by atoms with E-state index in [1.165, 1.54) is 84.0 Å². The van der Waals surface area contributed by atoms with Crippen LogP contribution in [-0.4, -0.2) is 0 Å². The normalized spacial score (nSPS) is 14.0. The molecule has 2 nitrogen and oxygen atoms in total. The summed E-state index contributed by atoms with van der Waals surface area (Å²) in [6.07, 6.45) is 3.52. The number of fused-ring (bicyclic) bond motifs is 6. The lowest BCUT2D eigenvalue weighted by Gasteiger charge is -2.41. The average molecular weight is 525 g/mol. The van der Waals surface area contributed by atoms with Crippen LogP contribution >= 0.6 is 0 Å². The molecule has 0 aromatic heterocycles. The number of hydrogen-bond donors (Lipinski definition) is 0. The molecule has 2 heteroatoms. The van der Waals surface area contributed by atoms with Crippen LogP contribution in [0.4, 0.5) is 34.1 Å². The molecule has 0 atom stereocenters. The smallest absolute Gasteiger partial charge is 0.0709 e. The first-order valence-corrected chi connectivity index (χ1v) is 14.6. The zero-order valence-corrected chi connectivity index (χ0v) is 22.7. The molecule has 0 spiro atoms. The van der Waals surface area contributed by atoms with Crippen molar-refractivity contribution >= 4 is 66.4 Å². The van der Waals surface area contributed by atoms with Gasteiger partial charge in [0.2, 0.25) is 0 Å². The lowest BCUT2D eigenvalue weighted by molar-refractivity contribution is 0.912. The second kappa shape index (κ2) is 8.71. The van der Waals surface area contributed by atoms with Crippen LogP contribution in [0.25, 0.3) is 32.3 Å². The van der Waals surface area contributed by atoms with E-state index in [2.05, 4.69) is 143 Å². The molecule has 0 unspecified atom stereocenters. The van der Waals surface area contributed by atoms with Crippen LogP contribution in [0.5, 0.6) is 0 Å². The largest absolute Gasteiger partial charge is 0.306 e. The van der Waals surface area contributed by atoms with Crippen molar-refractivity contribution in [2.24, 2.45) is 0 Å². The molecule has 1 heterocycles. The van der Waals surface area contributed by atoms with Gasteiger partial charge in [-0.3, -0.25) is 0 Å². The Morgan fingerprint density at radius 1 is 0.341 bits per heavy atom. The van der Waals surface area contributed by atoms with Crippen LogP contribution in [0.3, 0.4) is 0 Å². The molecule has 194 valence electrons. The van der Waals surface area contributed by atoms with Crippen LogP contribution in [0, 0.1) is 0 Å². The molecule has 0 fully saturated rings. The molecule has 7 aromatic rings. The lowest BCUT2D eigenvalue weighted by atomic mass is 9.97. The van der Waals surface area contributed by atoms with Gasteiger partial charge >= 0.3 is 0 Å². The lowest BCUT2D eigenvalue weighted by Crippen LogP contribution is -2.24. The van der Waals surface area contributed by atoms with E-state index in [1.807, 2.05) is 0 Å². The van der Waals surface area contributed by atoms with E-state index in [-0.39, 0.29) is 0 Å². The van der Waals surface area contributed by atoms with Gasteiger partial charge in [0.1, 0.15) is 0 Å². The molecule has 9 rings (SSSR count). The summed E-state index contributed by atoms with van der Waals surface area (Å²) < 4.78 is 0. The van der Waals surface area contributed by atoms with Crippen LogP contribution in [0.1, 0.15) is 17.5 Å². The number of benzene rings is 7. The molecule has 0 bridgehead atoms. The van der Waals surface area contributed by atoms with E-state index in [4.69, 9.17) is 0 Å². The number of rotatable bonds is 2. The fraction of sp³-hybridized carbons (Fsp3) is 0.0769. The van der Waals surface area contributed by atoms with Crippen molar-refractivity contribution in [1.82, 2.24) is 0 Å². The molecule has 7 aromatic carbocycles. The molecule has 0 radical (unpaired) electrons. The summed E-state index contributed by atoms with van der Waals surface area (Å²) in [6.45, 7) is 0. The van der Waals surface area contributed by atoms with E-state index in [1.54, 1.807) is 0 Å². The molecule has 1 aliphatic carbocycles. The zero-order chi connectivity index (χ0) is 26.9. The van der Waals surface area contributed by atoms with Gasteiger partial charge in [0.15, 0.2) is 0 Å². The van der Waals surface area contributed by atoms with Crippen molar-refractivity contribution in [3.8, 4) is 0 Å². The topological polar surface area (TPSA) is 6.48 Å². The van der Waals surface area contributed by atoms with Gasteiger partial charge in [-0.1, -0.05) is 84.9 Å². The summed E-state index contributed by atoms with van der Waals surface area (Å²) in [5, 5.41) is 7.54. The highest BCUT2D eigenvalue weighted by molar-refractivity contribution is 6.07. The standard InChI is InChI=1S/C39H28N2/c1-3-10-28-20-34(18-16-26(28)8-1)40-36-22-30-12-5-6-13-31(30)23-37(36)41(35-19-17-27-9-2-4-11-29(27)21-35)39-25-33-15-7-14-32(33)24-38(39)40/h1-6,8-13,16-25H,7,14-15H2. The molecule has 2 aliphatic rings. The SMILES string of the molecule is c1ccc2cc(N3c4cc5c(cc4N(c4ccc6ccccc6c4)c4cc6ccccc6cc43)CCC5)ccc2c1. The first-order valence-electron chi connectivity index (χ1n) is 14.6. The molecular weight excluding hydrogens is 496 g/mol. The Morgan fingerprint density at radius 3 is 1.15 bits per heavy atom. The summed E-state index contributed by atoms with van der Waals surface area (Å²) in [7, 11) is 0. The maximum Gasteiger partial charge on any atom is 0.0709 e. The van der Waals surface area contributed by atoms with Crippen molar-refractivity contribution in [3.05, 3.63) is 145 Å². The Balaban J connectivity index is 1.37. The van der Waals surface area contributed by atoms with Crippen LogP contribution < -0.4 is 9.80 Å². The van der Waals surface area contributed by atoms with Crippen molar-refractivity contribution in [2.75, 3.05) is 9.80 Å². The first kappa shape index (κ1) is 22.7. The molecule has 0 saturated heterocycles. The summed E-state index contributed by atoms with van der Waals surface area (Å²) in [5.74, 6) is 0. The minimum absolute atomic E-state index is 1.15. The minimum atomic E-state index is 1.15. The van der Waals surface area contributed by atoms with E-state index in [0.29, 0.717) is 0 Å². The highest BCUT2D eigenvalue weighted by Crippen LogP contribution is 2.56. The second-order valence-corrected chi connectivity index (χ2v) is 11.4. The number of hydrogen-bond acceptors (Lipinski definition) is 2. The Bertz CT molecular complexity index is 2010. The van der Waals surface area contributed by atoms with E-state index >= 15 is 0 Å². The first-order chi connectivity index (χ1) is 20.3. The number of nitrogens with zero attached hydrogens (tertiary/aromatic N) is 2. The fourth-order valence-electron chi connectivity index (χ4n) is 6.98. The monoisotopic (exact) mass is 524 g/mol. The highest BCUT2D eigenvalue weighted by Gasteiger charge is 2.33. The minimum Gasteiger partial charge on any atom is -0.306 e. The van der Waals surface area contributed by atoms with Gasteiger partial charge in [0.25, 0.3) is 0 Å². The van der Waals surface area contributed by atoms with Gasteiger partial charge in [-0.15, -0.1) is 0 Å². The Hall–Kier alpha value is -5.08. The second-order valence-electron chi connectivity index (χ2n) is 11.4. The summed E-state index contributed by atoms with van der Waals surface area (Å²) >= 11 is 0. The van der Waals surface area contributed by atoms with Crippen LogP contribution in [0.15, 0.2) is 133 Å². The maximum absolute atomic E-state index is 2.50. The quantitative estimate of drug-likeness (QED) is 0.222. The zero-order valence-electron chi connectivity index (χ0n) is 22.7. The molecule has 0 N–H and O–H groups in total. The molecule has 0 saturated carbocycles. The Labute approximate surface area is 239 Å². The van der Waals surface area contributed by atoms with Gasteiger partial charge in [0, 0.05) is 11.4 Å². The maximum atomic E-state index is 2.50. The van der Waals surface area contributed by atoms with Gasteiger partial charge in [-0.25, -0.2) is 0 Å². The van der Waals surface area contributed by atoms with Gasteiger partial charge in [0.05, 0.1) is 22.7 Å². The van der Waals surface area contributed by atoms with E-state index < -0.39 is 0 Å². The van der Waals surface area contributed by atoms with Crippen molar-refractivity contribution in [2.45, 2.75) is 19.3 Å². The van der Waals surface area contributed by atoms with Crippen molar-refractivity contribution in [3.63, 3.8) is 0 Å². The molecular formula is C39H28N2. The van der Waals surface area contributed by atoms with E-state index in [0.717, 1.165) is 12.8 Å². The van der Waals surface area contributed by atoms with Crippen molar-refractivity contribution in [1.29, 1.82) is 0 Å². The Kier molecular flexibility index (Phi) is 4.82. The van der Waals surface area contributed by atoms with Gasteiger partial charge < -0.3 is 9.80 Å². The number of anilines is 6. The highest BCUT2D eigenvalue weighted by atomic mass is 15.3. The summed E-state index contributed by atoms with van der Waals surface area (Å²) in [4.78, 5) is 5.00. The third-order valence-corrected chi connectivity index (χ3v) is 8.98. The predicted octanol–water partition coefficient (Wildman–Crippen LogP) is 10.9. The van der Waals surface area contributed by atoms with Crippen LogP contribution in [0.2, 0.25) is 0 Å². The average Bonchev–Trinajstić information content (AvgIpc) is 3.49. The van der Waals surface area contributed by atoms with Gasteiger partial charge in [-0.05, 0) is 111 Å². The summed E-state index contributed by atoms with van der Waals surface area (Å²) in [5.41, 5.74) is 10.3. The molecule has 1 aliphatic heterocycles. The third kappa shape index (κ3) is 3.50. The third-order valence-electron chi connectivity index (χ3n) is 8.98. The molecule has 41 heavy (non-hydrogen) atoms. The summed E-state index contributed by atoms with van der Waals surface area (Å²) in [6, 6.07) is 49.5. The fourth-order valence-corrected chi connectivity index (χ4v) is 6.98. The van der Waals surface area contributed by atoms with Crippen molar-refractivity contribution < 1.29 is 0 Å². The van der Waals surface area contributed by atoms with Crippen LogP contribution in [-0.2, 0) is 12.8 Å².